The van der Waals surface area contributed by atoms with Crippen molar-refractivity contribution in [3.8, 4) is 17.6 Å². The molecule has 37 heavy (non-hydrogen) atoms. The molecular formula is C29H25Cl2N3O3. The molecule has 0 aliphatic carbocycles. The Morgan fingerprint density at radius 3 is 2.68 bits per heavy atom. The van der Waals surface area contributed by atoms with Crippen LogP contribution in [0.5, 0.6) is 11.5 Å². The summed E-state index contributed by atoms with van der Waals surface area (Å²) in [5.74, 6) is 0.586. The number of rotatable bonds is 10. The summed E-state index contributed by atoms with van der Waals surface area (Å²) in [4.78, 5) is 15.9. The zero-order chi connectivity index (χ0) is 26.2. The number of fused-ring (bicyclic) bond motifs is 1. The average molecular weight is 534 g/mol. The monoisotopic (exact) mass is 533 g/mol. The fourth-order valence-electron chi connectivity index (χ4n) is 3.86. The SMILES string of the molecule is CCOc1cc(/C=C(/C#N)C(=O)NCCc2c[nH]c3ccccc23)ccc1OCc1ccc(Cl)cc1Cl. The Hall–Kier alpha value is -3.92. The molecule has 0 unspecified atom stereocenters. The van der Waals surface area contributed by atoms with Crippen LogP contribution in [0.4, 0.5) is 0 Å². The smallest absolute Gasteiger partial charge is 0.261 e. The molecule has 6 nitrogen and oxygen atoms in total. The molecule has 0 aliphatic rings. The van der Waals surface area contributed by atoms with Gasteiger partial charge < -0.3 is 19.8 Å². The Bertz CT molecular complexity index is 1490. The van der Waals surface area contributed by atoms with Gasteiger partial charge in [0.2, 0.25) is 0 Å². The van der Waals surface area contributed by atoms with Gasteiger partial charge in [0.25, 0.3) is 5.91 Å². The largest absolute Gasteiger partial charge is 0.490 e. The first-order valence-corrected chi connectivity index (χ1v) is 12.5. The number of hydrogen-bond donors (Lipinski definition) is 2. The van der Waals surface area contributed by atoms with Crippen molar-refractivity contribution < 1.29 is 14.3 Å². The molecule has 0 saturated carbocycles. The maximum atomic E-state index is 12.7. The van der Waals surface area contributed by atoms with Gasteiger partial charge in [-0.05, 0) is 60.9 Å². The minimum absolute atomic E-state index is 0.00277. The zero-order valence-corrected chi connectivity index (χ0v) is 21.7. The van der Waals surface area contributed by atoms with Crippen molar-refractivity contribution in [2.75, 3.05) is 13.2 Å². The normalized spacial score (nSPS) is 11.2. The van der Waals surface area contributed by atoms with E-state index in [2.05, 4.69) is 10.3 Å². The number of carbonyl (C=O) groups is 1. The number of nitriles is 1. The second-order valence-electron chi connectivity index (χ2n) is 8.20. The van der Waals surface area contributed by atoms with Crippen LogP contribution in [-0.4, -0.2) is 24.0 Å². The highest BCUT2D eigenvalue weighted by molar-refractivity contribution is 6.35. The minimum atomic E-state index is -0.432. The van der Waals surface area contributed by atoms with E-state index in [4.69, 9.17) is 32.7 Å². The van der Waals surface area contributed by atoms with Crippen LogP contribution >= 0.6 is 23.2 Å². The Labute approximate surface area is 225 Å². The molecule has 3 aromatic carbocycles. The van der Waals surface area contributed by atoms with Crippen molar-refractivity contribution in [2.24, 2.45) is 0 Å². The number of halogens is 2. The van der Waals surface area contributed by atoms with E-state index in [1.165, 1.54) is 6.08 Å². The Morgan fingerprint density at radius 2 is 1.89 bits per heavy atom. The number of hydrogen-bond acceptors (Lipinski definition) is 4. The van der Waals surface area contributed by atoms with Crippen LogP contribution in [-0.2, 0) is 17.8 Å². The molecule has 2 N–H and O–H groups in total. The molecule has 0 fully saturated rings. The maximum Gasteiger partial charge on any atom is 0.261 e. The summed E-state index contributed by atoms with van der Waals surface area (Å²) in [6.07, 6.45) is 4.12. The predicted octanol–water partition coefficient (Wildman–Crippen LogP) is 6.72. The van der Waals surface area contributed by atoms with E-state index in [0.29, 0.717) is 46.7 Å². The first-order valence-electron chi connectivity index (χ1n) is 11.8. The molecule has 0 spiro atoms. The Kier molecular flexibility index (Phi) is 8.73. The number of ether oxygens (including phenoxy) is 2. The highest BCUT2D eigenvalue weighted by Gasteiger charge is 2.12. The van der Waals surface area contributed by atoms with Crippen LogP contribution in [0.3, 0.4) is 0 Å². The van der Waals surface area contributed by atoms with Gasteiger partial charge >= 0.3 is 0 Å². The van der Waals surface area contributed by atoms with E-state index in [0.717, 1.165) is 22.0 Å². The molecule has 1 amide bonds. The van der Waals surface area contributed by atoms with Crippen molar-refractivity contribution in [3.05, 3.63) is 99.2 Å². The molecule has 8 heteroatoms. The second kappa shape index (κ2) is 12.4. The number of carbonyl (C=O) groups excluding carboxylic acids is 1. The van der Waals surface area contributed by atoms with E-state index < -0.39 is 5.91 Å². The lowest BCUT2D eigenvalue weighted by molar-refractivity contribution is -0.117. The Balaban J connectivity index is 1.42. The van der Waals surface area contributed by atoms with Gasteiger partial charge in [-0.3, -0.25) is 4.79 Å². The van der Waals surface area contributed by atoms with Crippen LogP contribution in [0, 0.1) is 11.3 Å². The summed E-state index contributed by atoms with van der Waals surface area (Å²) in [5.41, 5.74) is 3.59. The van der Waals surface area contributed by atoms with E-state index in [-0.39, 0.29) is 12.2 Å². The van der Waals surface area contributed by atoms with Gasteiger partial charge in [0, 0.05) is 39.3 Å². The lowest BCUT2D eigenvalue weighted by Crippen LogP contribution is -2.26. The standard InChI is InChI=1S/C29H25Cl2N3O3/c1-2-36-28-14-19(7-10-27(28)37-18-21-8-9-23(30)15-25(21)31)13-22(16-32)29(35)33-12-11-20-17-34-26-6-4-3-5-24(20)26/h3-10,13-15,17,34H,2,11-12,18H2,1H3,(H,33,35)/b22-13-. The third-order valence-corrected chi connectivity index (χ3v) is 6.28. The number of H-pyrrole nitrogens is 1. The third kappa shape index (κ3) is 6.65. The molecule has 0 bridgehead atoms. The van der Waals surface area contributed by atoms with Crippen LogP contribution in [0.1, 0.15) is 23.6 Å². The first kappa shape index (κ1) is 26.2. The molecule has 1 aromatic heterocycles. The van der Waals surface area contributed by atoms with Crippen LogP contribution in [0.25, 0.3) is 17.0 Å². The van der Waals surface area contributed by atoms with Crippen LogP contribution in [0.15, 0.2) is 72.4 Å². The van der Waals surface area contributed by atoms with E-state index in [9.17, 15) is 10.1 Å². The Morgan fingerprint density at radius 1 is 1.05 bits per heavy atom. The van der Waals surface area contributed by atoms with Gasteiger partial charge in [-0.15, -0.1) is 0 Å². The number of aromatic amines is 1. The topological polar surface area (TPSA) is 87.1 Å². The number of amides is 1. The van der Waals surface area contributed by atoms with Crippen LogP contribution < -0.4 is 14.8 Å². The van der Waals surface area contributed by atoms with Gasteiger partial charge in [0.1, 0.15) is 18.2 Å². The van der Waals surface area contributed by atoms with Gasteiger partial charge in [-0.25, -0.2) is 0 Å². The summed E-state index contributed by atoms with van der Waals surface area (Å²) >= 11 is 12.2. The summed E-state index contributed by atoms with van der Waals surface area (Å²) < 4.78 is 11.7. The third-order valence-electron chi connectivity index (χ3n) is 5.70. The van der Waals surface area contributed by atoms with Gasteiger partial charge in [-0.2, -0.15) is 5.26 Å². The number of benzene rings is 3. The zero-order valence-electron chi connectivity index (χ0n) is 20.2. The van der Waals surface area contributed by atoms with Gasteiger partial charge in [-0.1, -0.05) is 53.5 Å². The van der Waals surface area contributed by atoms with Crippen molar-refractivity contribution in [1.29, 1.82) is 5.26 Å². The van der Waals surface area contributed by atoms with Crippen molar-refractivity contribution >= 4 is 46.1 Å². The number of aromatic nitrogens is 1. The molecule has 4 aromatic rings. The van der Waals surface area contributed by atoms with Crippen molar-refractivity contribution in [1.82, 2.24) is 10.3 Å². The average Bonchev–Trinajstić information content (AvgIpc) is 3.31. The second-order valence-corrected chi connectivity index (χ2v) is 9.04. The van der Waals surface area contributed by atoms with E-state index in [1.807, 2.05) is 43.5 Å². The summed E-state index contributed by atoms with van der Waals surface area (Å²) in [6, 6.07) is 20.4. The molecule has 0 radical (unpaired) electrons. The molecule has 0 aliphatic heterocycles. The van der Waals surface area contributed by atoms with Crippen molar-refractivity contribution in [2.45, 2.75) is 20.0 Å². The lowest BCUT2D eigenvalue weighted by atomic mass is 10.1. The highest BCUT2D eigenvalue weighted by Crippen LogP contribution is 2.31. The van der Waals surface area contributed by atoms with Crippen molar-refractivity contribution in [3.63, 3.8) is 0 Å². The van der Waals surface area contributed by atoms with Crippen LogP contribution in [0.2, 0.25) is 10.0 Å². The minimum Gasteiger partial charge on any atom is -0.490 e. The molecule has 188 valence electrons. The lowest BCUT2D eigenvalue weighted by Gasteiger charge is -2.13. The quantitative estimate of drug-likeness (QED) is 0.175. The van der Waals surface area contributed by atoms with Gasteiger partial charge in [0.15, 0.2) is 11.5 Å². The van der Waals surface area contributed by atoms with E-state index >= 15 is 0 Å². The maximum absolute atomic E-state index is 12.7. The fraction of sp³-hybridized carbons (Fsp3) is 0.172. The molecule has 1 heterocycles. The summed E-state index contributed by atoms with van der Waals surface area (Å²) in [6.45, 7) is 2.92. The molecule has 4 rings (SSSR count). The first-order chi connectivity index (χ1) is 18.0. The molecule has 0 atom stereocenters. The summed E-state index contributed by atoms with van der Waals surface area (Å²) in [5, 5.41) is 14.6. The number of nitrogens with one attached hydrogen (secondary N) is 2. The number of nitrogens with zero attached hydrogens (tertiary/aromatic N) is 1. The van der Waals surface area contributed by atoms with Gasteiger partial charge in [0.05, 0.1) is 6.61 Å². The number of para-hydroxylation sites is 1. The predicted molar refractivity (Wildman–Crippen MR) is 147 cm³/mol. The van der Waals surface area contributed by atoms with E-state index in [1.54, 1.807) is 36.4 Å². The molecule has 0 saturated heterocycles. The highest BCUT2D eigenvalue weighted by atomic mass is 35.5. The molecular weight excluding hydrogens is 509 g/mol. The fourth-order valence-corrected chi connectivity index (χ4v) is 4.32. The summed E-state index contributed by atoms with van der Waals surface area (Å²) in [7, 11) is 0.